The van der Waals surface area contributed by atoms with E-state index >= 15 is 0 Å². The van der Waals surface area contributed by atoms with Crippen LogP contribution in [0, 0.1) is 17.3 Å². The molecule has 1 unspecified atom stereocenters. The van der Waals surface area contributed by atoms with Crippen molar-refractivity contribution in [1.82, 2.24) is 0 Å². The third-order valence-corrected chi connectivity index (χ3v) is 9.38. The molecule has 2 saturated carbocycles. The van der Waals surface area contributed by atoms with Crippen molar-refractivity contribution in [2.24, 2.45) is 17.3 Å². The Kier molecular flexibility index (Phi) is 3.95. The van der Waals surface area contributed by atoms with Crippen molar-refractivity contribution in [1.29, 1.82) is 0 Å². The molecule has 1 heterocycles. The summed E-state index contributed by atoms with van der Waals surface area (Å²) in [6, 6.07) is 6.33. The summed E-state index contributed by atoms with van der Waals surface area (Å²) in [6.45, 7) is 4.93. The van der Waals surface area contributed by atoms with Crippen LogP contribution in [-0.4, -0.2) is 23.3 Å². The van der Waals surface area contributed by atoms with Gasteiger partial charge in [-0.25, -0.2) is 0 Å². The summed E-state index contributed by atoms with van der Waals surface area (Å²) in [7, 11) is 0. The van der Waals surface area contributed by atoms with Crippen LogP contribution in [0.3, 0.4) is 0 Å². The van der Waals surface area contributed by atoms with Gasteiger partial charge in [-0.05, 0) is 79.5 Å². The molecule has 1 aromatic rings. The van der Waals surface area contributed by atoms with Crippen LogP contribution in [0.15, 0.2) is 18.2 Å². The highest BCUT2D eigenvalue weighted by atomic mass is 32.2. The van der Waals surface area contributed by atoms with Crippen molar-refractivity contribution in [3.8, 4) is 5.75 Å². The highest BCUT2D eigenvalue weighted by Crippen LogP contribution is 2.69. The van der Waals surface area contributed by atoms with Crippen LogP contribution in [0.1, 0.15) is 63.0 Å². The standard InChI is InChI=1S/C22H28O3S/c1-14(23)25-16-4-6-17-15(13-16)3-5-19-18(17)7-9-21(2)20(19)8-10-22(21)24-11-12-26-22/h4,6,13,18-20H,3,5,7-12H2,1-2H3/t18-,19-,20+,21+,22?/m1/s1. The fraction of sp³-hybridized carbons (Fsp3) is 0.682. The van der Waals surface area contributed by atoms with Crippen molar-refractivity contribution in [2.45, 2.75) is 63.2 Å². The zero-order valence-corrected chi connectivity index (χ0v) is 16.6. The van der Waals surface area contributed by atoms with Crippen LogP contribution >= 0.6 is 11.8 Å². The molecule has 140 valence electrons. The lowest BCUT2D eigenvalue weighted by Gasteiger charge is -2.53. The van der Waals surface area contributed by atoms with Crippen molar-refractivity contribution in [3.05, 3.63) is 29.3 Å². The van der Waals surface area contributed by atoms with E-state index in [2.05, 4.69) is 30.8 Å². The molecular formula is C22H28O3S. The zero-order chi connectivity index (χ0) is 17.9. The van der Waals surface area contributed by atoms with E-state index in [4.69, 9.17) is 9.47 Å². The van der Waals surface area contributed by atoms with Crippen LogP contribution in [-0.2, 0) is 16.0 Å². The Bertz CT molecular complexity index is 739. The zero-order valence-electron chi connectivity index (χ0n) is 15.8. The van der Waals surface area contributed by atoms with Gasteiger partial charge in [-0.15, -0.1) is 11.8 Å². The molecule has 26 heavy (non-hydrogen) atoms. The van der Waals surface area contributed by atoms with E-state index < -0.39 is 0 Å². The van der Waals surface area contributed by atoms with Crippen LogP contribution in [0.4, 0.5) is 0 Å². The number of ether oxygens (including phenoxy) is 2. The Hall–Kier alpha value is -1.00. The second kappa shape index (κ2) is 6.00. The van der Waals surface area contributed by atoms with Gasteiger partial charge >= 0.3 is 5.97 Å². The SMILES string of the molecule is CC(=O)Oc1ccc2c(c1)CC[C@@H]1[C@@H]2CC[C@@]2(C)[C@H]1CCC21OCCS1. The first-order valence-electron chi connectivity index (χ1n) is 10.1. The van der Waals surface area contributed by atoms with Crippen LogP contribution in [0.2, 0.25) is 0 Å². The summed E-state index contributed by atoms with van der Waals surface area (Å²) in [5, 5.41) is 0. The smallest absolute Gasteiger partial charge is 0.308 e. The topological polar surface area (TPSA) is 35.5 Å². The number of esters is 1. The number of carbonyl (C=O) groups is 1. The highest BCUT2D eigenvalue weighted by Gasteiger charge is 2.64. The minimum atomic E-state index is -0.239. The normalized spacial score (nSPS) is 40.8. The van der Waals surface area contributed by atoms with Gasteiger partial charge in [0.1, 0.15) is 10.7 Å². The van der Waals surface area contributed by atoms with Crippen molar-refractivity contribution in [2.75, 3.05) is 12.4 Å². The van der Waals surface area contributed by atoms with Crippen molar-refractivity contribution in [3.63, 3.8) is 0 Å². The fourth-order valence-corrected chi connectivity index (χ4v) is 8.18. The quantitative estimate of drug-likeness (QED) is 0.517. The van der Waals surface area contributed by atoms with E-state index in [0.717, 1.165) is 30.6 Å². The molecule has 0 aromatic heterocycles. The van der Waals surface area contributed by atoms with E-state index in [1.807, 2.05) is 6.07 Å². The number of fused-ring (bicyclic) bond motifs is 6. The predicted molar refractivity (Wildman–Crippen MR) is 104 cm³/mol. The number of hydrogen-bond acceptors (Lipinski definition) is 4. The number of carbonyl (C=O) groups excluding carboxylic acids is 1. The van der Waals surface area contributed by atoms with Gasteiger partial charge in [-0.1, -0.05) is 13.0 Å². The van der Waals surface area contributed by atoms with Gasteiger partial charge in [0.2, 0.25) is 0 Å². The van der Waals surface area contributed by atoms with E-state index in [9.17, 15) is 4.79 Å². The minimum absolute atomic E-state index is 0.0993. The lowest BCUT2D eigenvalue weighted by Crippen LogP contribution is -2.49. The first kappa shape index (κ1) is 17.1. The molecule has 0 N–H and O–H groups in total. The third-order valence-electron chi connectivity index (χ3n) is 7.76. The average Bonchev–Trinajstić information content (AvgIpc) is 3.21. The minimum Gasteiger partial charge on any atom is -0.427 e. The van der Waals surface area contributed by atoms with E-state index in [-0.39, 0.29) is 10.9 Å². The summed E-state index contributed by atoms with van der Waals surface area (Å²) in [5.41, 5.74) is 3.25. The lowest BCUT2D eigenvalue weighted by atomic mass is 9.55. The molecule has 3 nitrogen and oxygen atoms in total. The second-order valence-corrected chi connectivity index (χ2v) is 10.2. The number of benzene rings is 1. The molecule has 3 fully saturated rings. The van der Waals surface area contributed by atoms with Crippen LogP contribution < -0.4 is 4.74 Å². The first-order chi connectivity index (χ1) is 12.5. The van der Waals surface area contributed by atoms with Gasteiger partial charge in [0.05, 0.1) is 6.61 Å². The van der Waals surface area contributed by atoms with Crippen molar-refractivity contribution >= 4 is 17.7 Å². The Morgan fingerprint density at radius 3 is 2.92 bits per heavy atom. The Morgan fingerprint density at radius 2 is 2.15 bits per heavy atom. The monoisotopic (exact) mass is 372 g/mol. The lowest BCUT2D eigenvalue weighted by molar-refractivity contribution is -0.131. The molecule has 0 bridgehead atoms. The Morgan fingerprint density at radius 1 is 1.27 bits per heavy atom. The molecule has 1 spiro atoms. The van der Waals surface area contributed by atoms with Crippen LogP contribution in [0.25, 0.3) is 0 Å². The molecule has 1 aliphatic heterocycles. The predicted octanol–water partition coefficient (Wildman–Crippen LogP) is 4.93. The fourth-order valence-electron chi connectivity index (χ4n) is 6.67. The molecule has 3 aliphatic carbocycles. The average molecular weight is 373 g/mol. The molecule has 5 rings (SSSR count). The summed E-state index contributed by atoms with van der Waals surface area (Å²) >= 11 is 2.10. The Balaban J connectivity index is 1.44. The summed E-state index contributed by atoms with van der Waals surface area (Å²) in [6.07, 6.45) is 7.48. The van der Waals surface area contributed by atoms with E-state index in [1.165, 1.54) is 50.2 Å². The number of thioether (sulfide) groups is 1. The summed E-state index contributed by atoms with van der Waals surface area (Å²) in [4.78, 5) is 11.4. The molecule has 1 saturated heterocycles. The van der Waals surface area contributed by atoms with Gasteiger partial charge in [-0.2, -0.15) is 0 Å². The van der Waals surface area contributed by atoms with E-state index in [1.54, 1.807) is 0 Å². The van der Waals surface area contributed by atoms with Gasteiger partial charge in [-0.3, -0.25) is 4.79 Å². The third kappa shape index (κ3) is 2.34. The maximum Gasteiger partial charge on any atom is 0.308 e. The molecule has 0 radical (unpaired) electrons. The largest absolute Gasteiger partial charge is 0.427 e. The number of aryl methyl sites for hydroxylation is 1. The van der Waals surface area contributed by atoms with Gasteiger partial charge in [0, 0.05) is 18.1 Å². The van der Waals surface area contributed by atoms with Gasteiger partial charge in [0.15, 0.2) is 0 Å². The number of hydrogen-bond donors (Lipinski definition) is 0. The maximum atomic E-state index is 11.3. The Labute approximate surface area is 160 Å². The van der Waals surface area contributed by atoms with Gasteiger partial charge < -0.3 is 9.47 Å². The first-order valence-corrected chi connectivity index (χ1v) is 11.1. The molecule has 1 aromatic carbocycles. The molecule has 4 aliphatic rings. The highest BCUT2D eigenvalue weighted by molar-refractivity contribution is 8.00. The summed E-state index contributed by atoms with van der Waals surface area (Å²) in [5.74, 6) is 3.87. The molecule has 4 heteroatoms. The van der Waals surface area contributed by atoms with Crippen LogP contribution in [0.5, 0.6) is 5.75 Å². The van der Waals surface area contributed by atoms with E-state index in [0.29, 0.717) is 17.1 Å². The van der Waals surface area contributed by atoms with Gasteiger partial charge in [0.25, 0.3) is 0 Å². The molecule has 0 amide bonds. The second-order valence-electron chi connectivity index (χ2n) is 8.81. The number of rotatable bonds is 1. The van der Waals surface area contributed by atoms with Crippen molar-refractivity contribution < 1.29 is 14.3 Å². The summed E-state index contributed by atoms with van der Waals surface area (Å²) < 4.78 is 11.7. The molecular weight excluding hydrogens is 344 g/mol. The maximum absolute atomic E-state index is 11.3. The molecule has 5 atom stereocenters.